The molecule has 0 bridgehead atoms. The van der Waals surface area contributed by atoms with Gasteiger partial charge < -0.3 is 14.8 Å². The van der Waals surface area contributed by atoms with Gasteiger partial charge in [0.1, 0.15) is 6.26 Å². The van der Waals surface area contributed by atoms with Crippen LogP contribution in [0.5, 0.6) is 0 Å². The highest BCUT2D eigenvalue weighted by atomic mass is 16.5. The first-order valence-electron chi connectivity index (χ1n) is 4.08. The Morgan fingerprint density at radius 2 is 1.91 bits per heavy atom. The fraction of sp³-hybridized carbons (Fsp3) is 0.750. The molecule has 2 heterocycles. The first-order valence-corrected chi connectivity index (χ1v) is 4.08. The molecule has 0 aromatic heterocycles. The molecule has 0 unspecified atom stereocenters. The van der Waals surface area contributed by atoms with Crippen molar-refractivity contribution in [3.05, 3.63) is 12.5 Å². The molecule has 0 aromatic rings. The number of hydrogen-bond donors (Lipinski definition) is 1. The van der Waals surface area contributed by atoms with E-state index in [1.165, 1.54) is 19.3 Å². The zero-order chi connectivity index (χ0) is 7.78. The lowest BCUT2D eigenvalue weighted by Gasteiger charge is -2.08. The van der Waals surface area contributed by atoms with E-state index in [0.29, 0.717) is 6.73 Å². The van der Waals surface area contributed by atoms with Crippen LogP contribution in [0.4, 0.5) is 0 Å². The van der Waals surface area contributed by atoms with Crippen LogP contribution in [0, 0.1) is 0 Å². The maximum atomic E-state index is 5.07. The van der Waals surface area contributed by atoms with Gasteiger partial charge in [0, 0.05) is 19.4 Å². The molecule has 0 aromatic carbocycles. The van der Waals surface area contributed by atoms with Gasteiger partial charge in [-0.05, 0) is 19.3 Å². The molecule has 1 N–H and O–H groups in total. The predicted octanol–water partition coefficient (Wildman–Crippen LogP) is 1.22. The average molecular weight is 157 g/mol. The van der Waals surface area contributed by atoms with Crippen LogP contribution in [0.25, 0.3) is 0 Å². The minimum absolute atomic E-state index is 0.639. The van der Waals surface area contributed by atoms with Gasteiger partial charge in [0.25, 0.3) is 0 Å². The quantitative estimate of drug-likeness (QED) is 0.573. The summed E-state index contributed by atoms with van der Waals surface area (Å²) in [4.78, 5) is 0. The molecule has 2 aliphatic heterocycles. The highest BCUT2D eigenvalue weighted by molar-refractivity contribution is 4.73. The molecule has 11 heavy (non-hydrogen) atoms. The molecule has 2 rings (SSSR count). The minimum atomic E-state index is 0.639. The summed E-state index contributed by atoms with van der Waals surface area (Å²) in [6, 6.07) is 0. The van der Waals surface area contributed by atoms with Gasteiger partial charge in [0.2, 0.25) is 0 Å². The van der Waals surface area contributed by atoms with E-state index in [4.69, 9.17) is 4.74 Å². The number of ether oxygens (including phenoxy) is 2. The van der Waals surface area contributed by atoms with Gasteiger partial charge in [0.05, 0.1) is 0 Å². The van der Waals surface area contributed by atoms with Crippen molar-refractivity contribution in [2.45, 2.75) is 19.3 Å². The fourth-order valence-electron chi connectivity index (χ4n) is 0.928. The lowest BCUT2D eigenvalue weighted by Crippen LogP contribution is -2.03. The van der Waals surface area contributed by atoms with Gasteiger partial charge in [-0.1, -0.05) is 0 Å². The molecule has 0 aliphatic carbocycles. The Bertz CT molecular complexity index is 93.1. The summed E-state index contributed by atoms with van der Waals surface area (Å²) in [5.41, 5.74) is 0. The Balaban J connectivity index is 0.000000112. The summed E-state index contributed by atoms with van der Waals surface area (Å²) in [6.07, 6.45) is 7.32. The van der Waals surface area contributed by atoms with Crippen molar-refractivity contribution in [3.8, 4) is 0 Å². The second kappa shape index (κ2) is 6.04. The van der Waals surface area contributed by atoms with Crippen molar-refractivity contribution in [1.82, 2.24) is 5.32 Å². The Morgan fingerprint density at radius 3 is 2.09 bits per heavy atom. The smallest absolute Gasteiger partial charge is 0.157 e. The Kier molecular flexibility index (Phi) is 4.61. The van der Waals surface area contributed by atoms with Gasteiger partial charge in [-0.25, -0.2) is 0 Å². The highest BCUT2D eigenvalue weighted by Gasteiger charge is 1.95. The van der Waals surface area contributed by atoms with E-state index < -0.39 is 0 Å². The second-order valence-electron chi connectivity index (χ2n) is 2.49. The molecule has 0 saturated carbocycles. The van der Waals surface area contributed by atoms with Crippen molar-refractivity contribution in [3.63, 3.8) is 0 Å². The molecule has 0 radical (unpaired) electrons. The van der Waals surface area contributed by atoms with Gasteiger partial charge >= 0.3 is 0 Å². The number of hydrogen-bond acceptors (Lipinski definition) is 3. The summed E-state index contributed by atoms with van der Waals surface area (Å²) >= 11 is 0. The highest BCUT2D eigenvalue weighted by Crippen LogP contribution is 2.02. The zero-order valence-corrected chi connectivity index (χ0v) is 6.71. The van der Waals surface area contributed by atoms with Crippen molar-refractivity contribution >= 4 is 0 Å². The van der Waals surface area contributed by atoms with Crippen LogP contribution >= 0.6 is 0 Å². The zero-order valence-electron chi connectivity index (χ0n) is 6.71. The van der Waals surface area contributed by atoms with Crippen LogP contribution in [-0.2, 0) is 9.47 Å². The third-order valence-electron chi connectivity index (χ3n) is 1.53. The molecule has 64 valence electrons. The van der Waals surface area contributed by atoms with E-state index in [1.54, 1.807) is 12.5 Å². The van der Waals surface area contributed by atoms with Crippen LogP contribution in [0.3, 0.4) is 0 Å². The van der Waals surface area contributed by atoms with Crippen molar-refractivity contribution in [1.29, 1.82) is 0 Å². The van der Waals surface area contributed by atoms with Crippen LogP contribution in [0.1, 0.15) is 19.3 Å². The monoisotopic (exact) mass is 157 g/mol. The van der Waals surface area contributed by atoms with Crippen LogP contribution in [-0.4, -0.2) is 19.9 Å². The molecule has 0 spiro atoms. The summed E-state index contributed by atoms with van der Waals surface area (Å²) in [5.74, 6) is 0. The second-order valence-corrected chi connectivity index (χ2v) is 2.49. The lowest BCUT2D eigenvalue weighted by molar-refractivity contribution is 0.0968. The fourth-order valence-corrected chi connectivity index (χ4v) is 0.928. The summed E-state index contributed by atoms with van der Waals surface area (Å²) < 4.78 is 9.72. The normalized spacial score (nSPS) is 21.1. The molecule has 0 amide bonds. The van der Waals surface area contributed by atoms with E-state index in [0.717, 1.165) is 13.2 Å². The number of nitrogens with one attached hydrogen (secondary N) is 1. The maximum Gasteiger partial charge on any atom is 0.157 e. The largest absolute Gasteiger partial charge is 0.479 e. The van der Waals surface area contributed by atoms with Crippen molar-refractivity contribution in [2.75, 3.05) is 19.9 Å². The molecular weight excluding hydrogens is 142 g/mol. The summed E-state index contributed by atoms with van der Waals surface area (Å²) in [5, 5.41) is 2.82. The molecule has 1 fully saturated rings. The van der Waals surface area contributed by atoms with Gasteiger partial charge in [-0.2, -0.15) is 0 Å². The third kappa shape index (κ3) is 4.67. The van der Waals surface area contributed by atoms with Gasteiger partial charge in [0.15, 0.2) is 6.73 Å². The van der Waals surface area contributed by atoms with Crippen LogP contribution in [0.15, 0.2) is 12.5 Å². The predicted molar refractivity (Wildman–Crippen MR) is 42.9 cm³/mol. The summed E-state index contributed by atoms with van der Waals surface area (Å²) in [7, 11) is 0. The Hall–Kier alpha value is -0.700. The van der Waals surface area contributed by atoms with Crippen molar-refractivity contribution < 1.29 is 9.47 Å². The molecule has 2 aliphatic rings. The van der Waals surface area contributed by atoms with E-state index >= 15 is 0 Å². The molecule has 3 heteroatoms. The first-order chi connectivity index (χ1) is 5.50. The summed E-state index contributed by atoms with van der Waals surface area (Å²) in [6.45, 7) is 2.64. The molecular formula is C8H15NO2. The van der Waals surface area contributed by atoms with Crippen molar-refractivity contribution in [2.24, 2.45) is 0 Å². The average Bonchev–Trinajstić information content (AvgIpc) is 2.64. The van der Waals surface area contributed by atoms with Gasteiger partial charge in [-0.15, -0.1) is 0 Å². The van der Waals surface area contributed by atoms with Gasteiger partial charge in [-0.3, -0.25) is 0 Å². The maximum absolute atomic E-state index is 5.07. The van der Waals surface area contributed by atoms with E-state index in [2.05, 4.69) is 10.1 Å². The van der Waals surface area contributed by atoms with E-state index in [-0.39, 0.29) is 0 Å². The van der Waals surface area contributed by atoms with Crippen LogP contribution < -0.4 is 5.32 Å². The topological polar surface area (TPSA) is 30.5 Å². The lowest BCUT2D eigenvalue weighted by atomic mass is 10.2. The SMILES string of the molecule is C1=COCN1.C1CCOCC1. The molecule has 0 atom stereocenters. The minimum Gasteiger partial charge on any atom is -0.479 e. The van der Waals surface area contributed by atoms with E-state index in [1.807, 2.05) is 0 Å². The Morgan fingerprint density at radius 1 is 1.09 bits per heavy atom. The third-order valence-corrected chi connectivity index (χ3v) is 1.53. The first kappa shape index (κ1) is 8.40. The Labute approximate surface area is 67.4 Å². The standard InChI is InChI=1S/C5H10O.C3H5NO/c1-2-4-6-5-3-1;1-2-5-3-4-1/h1-5H2;1-2,4H,3H2. The molecule has 3 nitrogen and oxygen atoms in total. The number of rotatable bonds is 0. The molecule has 1 saturated heterocycles. The van der Waals surface area contributed by atoms with E-state index in [9.17, 15) is 0 Å². The van der Waals surface area contributed by atoms with Crippen LogP contribution in [0.2, 0.25) is 0 Å².